The number of benzene rings is 2. The number of nitrogens with zero attached hydrogens (tertiary/aromatic N) is 1. The fourth-order valence-corrected chi connectivity index (χ4v) is 3.01. The summed E-state index contributed by atoms with van der Waals surface area (Å²) in [7, 11) is 0. The first-order valence-corrected chi connectivity index (χ1v) is 8.42. The van der Waals surface area contributed by atoms with Crippen molar-refractivity contribution in [3.8, 4) is 0 Å². The molecular weight excluding hydrogens is 338 g/mol. The van der Waals surface area contributed by atoms with E-state index in [9.17, 15) is 19.7 Å². The molecule has 0 aliphatic heterocycles. The van der Waals surface area contributed by atoms with E-state index in [-0.39, 0.29) is 13.2 Å². The van der Waals surface area contributed by atoms with Crippen molar-refractivity contribution in [1.82, 2.24) is 0 Å². The molecule has 0 aliphatic rings. The van der Waals surface area contributed by atoms with Crippen LogP contribution >= 0.6 is 0 Å². The van der Waals surface area contributed by atoms with Gasteiger partial charge in [0.05, 0.1) is 19.1 Å². The van der Waals surface area contributed by atoms with E-state index in [0.717, 1.165) is 10.8 Å². The van der Waals surface area contributed by atoms with Crippen molar-refractivity contribution in [3.05, 3.63) is 58.1 Å². The summed E-state index contributed by atoms with van der Waals surface area (Å²) in [5.74, 6) is -4.02. The van der Waals surface area contributed by atoms with Gasteiger partial charge in [0, 0.05) is 4.92 Å². The number of carbonyl (C=O) groups is 2. The first kappa shape index (κ1) is 19.4. The first-order chi connectivity index (χ1) is 12.5. The van der Waals surface area contributed by atoms with Gasteiger partial charge in [-0.3, -0.25) is 19.7 Å². The largest absolute Gasteiger partial charge is 0.465 e. The lowest BCUT2D eigenvalue weighted by molar-refractivity contribution is -0.484. The van der Waals surface area contributed by atoms with Crippen LogP contribution in [0.25, 0.3) is 10.8 Å². The van der Waals surface area contributed by atoms with Crippen molar-refractivity contribution in [3.63, 3.8) is 0 Å². The van der Waals surface area contributed by atoms with Crippen molar-refractivity contribution >= 4 is 22.7 Å². The normalized spacial score (nSPS) is 12.0. The second kappa shape index (κ2) is 8.94. The molecule has 0 radical (unpaired) electrons. The van der Waals surface area contributed by atoms with Crippen LogP contribution < -0.4 is 0 Å². The first-order valence-electron chi connectivity index (χ1n) is 8.42. The van der Waals surface area contributed by atoms with Crippen LogP contribution in [-0.2, 0) is 19.1 Å². The van der Waals surface area contributed by atoms with Gasteiger partial charge in [-0.15, -0.1) is 0 Å². The number of hydrogen-bond acceptors (Lipinski definition) is 6. The number of rotatable bonds is 8. The van der Waals surface area contributed by atoms with Crippen LogP contribution in [0.1, 0.15) is 25.3 Å². The van der Waals surface area contributed by atoms with E-state index in [1.807, 2.05) is 24.3 Å². The van der Waals surface area contributed by atoms with Gasteiger partial charge in [-0.2, -0.15) is 0 Å². The predicted octanol–water partition coefficient (Wildman–Crippen LogP) is 2.94. The maximum Gasteiger partial charge on any atom is 0.321 e. The van der Waals surface area contributed by atoms with Gasteiger partial charge in [-0.1, -0.05) is 42.5 Å². The number of fused-ring (bicyclic) bond motifs is 1. The van der Waals surface area contributed by atoms with E-state index >= 15 is 0 Å². The zero-order valence-electron chi connectivity index (χ0n) is 14.7. The van der Waals surface area contributed by atoms with E-state index in [2.05, 4.69) is 0 Å². The smallest absolute Gasteiger partial charge is 0.321 e. The molecule has 0 fully saturated rings. The van der Waals surface area contributed by atoms with Gasteiger partial charge in [-0.25, -0.2) is 0 Å². The fourth-order valence-electron chi connectivity index (χ4n) is 3.01. The Morgan fingerprint density at radius 2 is 1.58 bits per heavy atom. The highest BCUT2D eigenvalue weighted by Gasteiger charge is 2.41. The molecule has 2 aromatic rings. The molecule has 0 amide bonds. The molecule has 7 nitrogen and oxygen atoms in total. The molecule has 0 aromatic heterocycles. The molecule has 0 heterocycles. The molecule has 26 heavy (non-hydrogen) atoms. The third-order valence-corrected chi connectivity index (χ3v) is 4.05. The summed E-state index contributed by atoms with van der Waals surface area (Å²) in [4.78, 5) is 35.6. The minimum absolute atomic E-state index is 0.0649. The summed E-state index contributed by atoms with van der Waals surface area (Å²) < 4.78 is 10.0. The van der Waals surface area contributed by atoms with Gasteiger partial charge >= 0.3 is 11.9 Å². The van der Waals surface area contributed by atoms with E-state index in [1.165, 1.54) is 0 Å². The quantitative estimate of drug-likeness (QED) is 0.311. The number of hydrogen-bond donors (Lipinski definition) is 0. The molecule has 1 atom stereocenters. The Morgan fingerprint density at radius 3 is 2.15 bits per heavy atom. The average molecular weight is 359 g/mol. The highest BCUT2D eigenvalue weighted by molar-refractivity contribution is 5.97. The van der Waals surface area contributed by atoms with Gasteiger partial charge in [-0.05, 0) is 30.2 Å². The van der Waals surface area contributed by atoms with Crippen molar-refractivity contribution in [1.29, 1.82) is 0 Å². The monoisotopic (exact) mass is 359 g/mol. The predicted molar refractivity (Wildman–Crippen MR) is 95.3 cm³/mol. The van der Waals surface area contributed by atoms with Crippen LogP contribution in [-0.4, -0.2) is 36.6 Å². The number of ether oxygens (including phenoxy) is 2. The van der Waals surface area contributed by atoms with Gasteiger partial charge in [0.25, 0.3) is 0 Å². The van der Waals surface area contributed by atoms with Crippen LogP contribution in [0.5, 0.6) is 0 Å². The van der Waals surface area contributed by atoms with Gasteiger partial charge in [0.1, 0.15) is 0 Å². The van der Waals surface area contributed by atoms with Crippen molar-refractivity contribution in [2.75, 3.05) is 19.8 Å². The zero-order chi connectivity index (χ0) is 19.1. The molecule has 0 spiro atoms. The molecule has 0 saturated heterocycles. The highest BCUT2D eigenvalue weighted by atomic mass is 16.6. The molecule has 0 unspecified atom stereocenters. The Kier molecular flexibility index (Phi) is 6.66. The Balaban J connectivity index is 2.60. The second-order valence-corrected chi connectivity index (χ2v) is 5.67. The zero-order valence-corrected chi connectivity index (χ0v) is 14.7. The third-order valence-electron chi connectivity index (χ3n) is 4.05. The summed E-state index contributed by atoms with van der Waals surface area (Å²) in [5.41, 5.74) is 0.547. The minimum atomic E-state index is -1.40. The molecular formula is C19H21NO6. The van der Waals surface area contributed by atoms with Crippen molar-refractivity contribution in [2.24, 2.45) is 5.92 Å². The molecule has 0 saturated carbocycles. The van der Waals surface area contributed by atoms with Crippen LogP contribution in [0, 0.1) is 16.0 Å². The van der Waals surface area contributed by atoms with E-state index in [4.69, 9.17) is 9.47 Å². The second-order valence-electron chi connectivity index (χ2n) is 5.67. The molecule has 2 rings (SSSR count). The van der Waals surface area contributed by atoms with Crippen molar-refractivity contribution in [2.45, 2.75) is 19.8 Å². The molecule has 0 N–H and O–H groups in total. The maximum absolute atomic E-state index is 12.4. The molecule has 138 valence electrons. The van der Waals surface area contributed by atoms with Gasteiger partial charge in [0.15, 0.2) is 5.92 Å². The molecule has 2 aromatic carbocycles. The van der Waals surface area contributed by atoms with Crippen LogP contribution in [0.2, 0.25) is 0 Å². The summed E-state index contributed by atoms with van der Waals surface area (Å²) in [5, 5.41) is 12.9. The topological polar surface area (TPSA) is 95.7 Å². The Bertz CT molecular complexity index is 780. The number of esters is 2. The average Bonchev–Trinajstić information content (AvgIpc) is 2.61. The van der Waals surface area contributed by atoms with Crippen LogP contribution in [0.15, 0.2) is 42.5 Å². The Morgan fingerprint density at radius 1 is 1.00 bits per heavy atom. The summed E-state index contributed by atoms with van der Waals surface area (Å²) in [6, 6.07) is 12.6. The Labute approximate surface area is 151 Å². The van der Waals surface area contributed by atoms with Gasteiger partial charge < -0.3 is 9.47 Å². The molecule has 7 heteroatoms. The third kappa shape index (κ3) is 4.36. The lowest BCUT2D eigenvalue weighted by Gasteiger charge is -2.23. The van der Waals surface area contributed by atoms with E-state index < -0.39 is 35.2 Å². The Hall–Kier alpha value is -2.96. The van der Waals surface area contributed by atoms with E-state index in [1.54, 1.807) is 32.0 Å². The standard InChI is InChI=1S/C19H21NO6/c1-3-25-18(21)17(19(22)26-4-2)16(12-20(23)24)15-11-7-9-13-8-5-6-10-14(13)15/h5-11,16-17H,3-4,12H2,1-2H3/t16-/m1/s1. The van der Waals surface area contributed by atoms with E-state index in [0.29, 0.717) is 5.56 Å². The van der Waals surface area contributed by atoms with Gasteiger partial charge in [0.2, 0.25) is 6.54 Å². The summed E-state index contributed by atoms with van der Waals surface area (Å²) in [6.45, 7) is 2.77. The molecule has 0 aliphatic carbocycles. The lowest BCUT2D eigenvalue weighted by atomic mass is 9.83. The lowest BCUT2D eigenvalue weighted by Crippen LogP contribution is -2.36. The number of nitro groups is 1. The van der Waals surface area contributed by atoms with Crippen molar-refractivity contribution < 1.29 is 24.0 Å². The van der Waals surface area contributed by atoms with Crippen LogP contribution in [0.4, 0.5) is 0 Å². The molecule has 0 bridgehead atoms. The highest BCUT2D eigenvalue weighted by Crippen LogP contribution is 2.33. The number of carbonyl (C=O) groups excluding carboxylic acids is 2. The minimum Gasteiger partial charge on any atom is -0.465 e. The fraction of sp³-hybridized carbons (Fsp3) is 0.368. The SMILES string of the molecule is CCOC(=O)C(C(=O)OCC)[C@H](C[N+](=O)[O-])c1cccc2ccccc12. The summed E-state index contributed by atoms with van der Waals surface area (Å²) in [6.07, 6.45) is 0. The van der Waals surface area contributed by atoms with Crippen LogP contribution in [0.3, 0.4) is 0 Å². The maximum atomic E-state index is 12.4. The summed E-state index contributed by atoms with van der Waals surface area (Å²) >= 11 is 0.